The van der Waals surface area contributed by atoms with Crippen LogP contribution in [0.5, 0.6) is 0 Å². The van der Waals surface area contributed by atoms with E-state index in [-0.39, 0.29) is 18.9 Å². The maximum Gasteiger partial charge on any atom is 0.407 e. The molecule has 8 nitrogen and oxygen atoms in total. The molecule has 2 aromatic rings. The molecule has 168 valence electrons. The molecule has 8 heteroatoms. The summed E-state index contributed by atoms with van der Waals surface area (Å²) in [6.07, 6.45) is 1.64. The number of rotatable bonds is 8. The van der Waals surface area contributed by atoms with Crippen molar-refractivity contribution in [3.05, 3.63) is 59.7 Å². The van der Waals surface area contributed by atoms with Crippen LogP contribution < -0.4 is 5.32 Å². The van der Waals surface area contributed by atoms with Gasteiger partial charge < -0.3 is 15.2 Å². The third-order valence-corrected chi connectivity index (χ3v) is 6.24. The highest BCUT2D eigenvalue weighted by molar-refractivity contribution is 5.80. The topological polar surface area (TPSA) is 105 Å². The van der Waals surface area contributed by atoms with E-state index >= 15 is 0 Å². The van der Waals surface area contributed by atoms with Crippen molar-refractivity contribution < 1.29 is 29.1 Å². The molecule has 0 spiro atoms. The number of benzene rings is 2. The van der Waals surface area contributed by atoms with Gasteiger partial charge in [-0.25, -0.2) is 14.7 Å². The number of carbonyl (C=O) groups is 3. The smallest absolute Gasteiger partial charge is 0.407 e. The lowest BCUT2D eigenvalue weighted by Crippen LogP contribution is -2.56. The first kappa shape index (κ1) is 21.8. The summed E-state index contributed by atoms with van der Waals surface area (Å²) < 4.78 is 5.61. The third kappa shape index (κ3) is 4.45. The van der Waals surface area contributed by atoms with Gasteiger partial charge in [-0.3, -0.25) is 9.63 Å². The highest BCUT2D eigenvalue weighted by Gasteiger charge is 2.42. The number of ether oxygens (including phenoxy) is 1. The number of hydroxylamine groups is 2. The molecule has 2 aromatic carbocycles. The van der Waals surface area contributed by atoms with Crippen molar-refractivity contribution in [2.75, 3.05) is 20.3 Å². The lowest BCUT2D eigenvalue weighted by molar-refractivity contribution is -0.187. The Labute approximate surface area is 186 Å². The van der Waals surface area contributed by atoms with E-state index in [9.17, 15) is 14.4 Å². The first-order chi connectivity index (χ1) is 15.4. The molecule has 0 atom stereocenters. The number of nitrogens with zero attached hydrogens (tertiary/aromatic N) is 1. The van der Waals surface area contributed by atoms with Crippen LogP contribution in [0.3, 0.4) is 0 Å². The van der Waals surface area contributed by atoms with Gasteiger partial charge in [-0.05, 0) is 41.5 Å². The minimum atomic E-state index is -1.17. The maximum absolute atomic E-state index is 12.6. The average molecular weight is 438 g/mol. The van der Waals surface area contributed by atoms with Crippen LogP contribution in [-0.4, -0.2) is 53.9 Å². The summed E-state index contributed by atoms with van der Waals surface area (Å²) in [4.78, 5) is 40.6. The van der Waals surface area contributed by atoms with Gasteiger partial charge in [0.2, 0.25) is 5.91 Å². The van der Waals surface area contributed by atoms with Crippen molar-refractivity contribution >= 4 is 18.0 Å². The van der Waals surface area contributed by atoms with Gasteiger partial charge in [0.1, 0.15) is 6.61 Å². The van der Waals surface area contributed by atoms with Crippen LogP contribution in [0.1, 0.15) is 42.7 Å². The Morgan fingerprint density at radius 2 is 1.66 bits per heavy atom. The zero-order valence-electron chi connectivity index (χ0n) is 17.9. The number of nitrogens with one attached hydrogen (secondary N) is 1. The molecule has 2 aliphatic rings. The Morgan fingerprint density at radius 1 is 1.06 bits per heavy atom. The van der Waals surface area contributed by atoms with E-state index in [0.29, 0.717) is 12.8 Å². The van der Waals surface area contributed by atoms with Crippen molar-refractivity contribution in [1.29, 1.82) is 0 Å². The number of fused-ring (bicyclic) bond motifs is 3. The van der Waals surface area contributed by atoms with Gasteiger partial charge in [-0.2, -0.15) is 0 Å². The fraction of sp³-hybridized carbons (Fsp3) is 0.375. The predicted octanol–water partition coefficient (Wildman–Crippen LogP) is 3.31. The van der Waals surface area contributed by atoms with Crippen molar-refractivity contribution in [3.8, 4) is 11.1 Å². The molecular weight excluding hydrogens is 412 g/mol. The summed E-state index contributed by atoms with van der Waals surface area (Å²) in [5.41, 5.74) is 3.88. The van der Waals surface area contributed by atoms with E-state index in [0.717, 1.165) is 33.7 Å². The molecule has 0 aromatic heterocycles. The Hall–Kier alpha value is -3.39. The molecule has 0 saturated heterocycles. The van der Waals surface area contributed by atoms with E-state index in [1.807, 2.05) is 24.3 Å². The number of hydrogen-bond acceptors (Lipinski definition) is 5. The molecule has 1 fully saturated rings. The molecule has 0 bridgehead atoms. The lowest BCUT2D eigenvalue weighted by Gasteiger charge is -2.42. The monoisotopic (exact) mass is 438 g/mol. The SMILES string of the molecule is CN(OCC(=O)O)C(=O)CC1(NC(=O)OCC2c3ccccc3-c3ccccc32)CCC1. The first-order valence-corrected chi connectivity index (χ1v) is 10.6. The van der Waals surface area contributed by atoms with Crippen LogP contribution in [-0.2, 0) is 19.2 Å². The van der Waals surface area contributed by atoms with Crippen molar-refractivity contribution in [3.63, 3.8) is 0 Å². The predicted molar refractivity (Wildman–Crippen MR) is 116 cm³/mol. The van der Waals surface area contributed by atoms with Gasteiger partial charge >= 0.3 is 12.1 Å². The Bertz CT molecular complexity index is 987. The normalized spacial score (nSPS) is 15.8. The lowest BCUT2D eigenvalue weighted by atomic mass is 9.74. The number of amides is 2. The van der Waals surface area contributed by atoms with Crippen LogP contribution in [0.15, 0.2) is 48.5 Å². The Balaban J connectivity index is 1.36. The zero-order chi connectivity index (χ0) is 22.7. The summed E-state index contributed by atoms with van der Waals surface area (Å²) in [6, 6.07) is 16.2. The number of hydrogen-bond donors (Lipinski definition) is 2. The van der Waals surface area contributed by atoms with Crippen molar-refractivity contribution in [2.45, 2.75) is 37.1 Å². The quantitative estimate of drug-likeness (QED) is 0.613. The first-order valence-electron chi connectivity index (χ1n) is 10.6. The van der Waals surface area contributed by atoms with Crippen LogP contribution in [0, 0.1) is 0 Å². The molecule has 1 saturated carbocycles. The Morgan fingerprint density at radius 3 is 2.19 bits per heavy atom. The maximum atomic E-state index is 12.6. The molecule has 0 radical (unpaired) electrons. The second-order valence-electron chi connectivity index (χ2n) is 8.32. The number of carboxylic acid groups (broad SMARTS) is 1. The summed E-state index contributed by atoms with van der Waals surface area (Å²) in [5, 5.41) is 12.5. The second-order valence-corrected chi connectivity index (χ2v) is 8.32. The molecule has 4 rings (SSSR count). The summed E-state index contributed by atoms with van der Waals surface area (Å²) in [5.74, 6) is -1.60. The second kappa shape index (κ2) is 9.00. The van der Waals surface area contributed by atoms with E-state index < -0.39 is 30.1 Å². The van der Waals surface area contributed by atoms with Crippen LogP contribution in [0.2, 0.25) is 0 Å². The van der Waals surface area contributed by atoms with Gasteiger partial charge in [0.25, 0.3) is 0 Å². The number of carbonyl (C=O) groups excluding carboxylic acids is 2. The molecule has 32 heavy (non-hydrogen) atoms. The van der Waals surface area contributed by atoms with Crippen molar-refractivity contribution in [1.82, 2.24) is 10.4 Å². The summed E-state index contributed by atoms with van der Waals surface area (Å²) >= 11 is 0. The van der Waals surface area contributed by atoms with Gasteiger partial charge in [-0.1, -0.05) is 48.5 Å². The van der Waals surface area contributed by atoms with E-state index in [1.165, 1.54) is 7.05 Å². The molecule has 2 amide bonds. The minimum Gasteiger partial charge on any atom is -0.479 e. The van der Waals surface area contributed by atoms with Gasteiger partial charge in [0.15, 0.2) is 6.61 Å². The number of carboxylic acids is 1. The molecule has 0 unspecified atom stereocenters. The third-order valence-electron chi connectivity index (χ3n) is 6.24. The van der Waals surface area contributed by atoms with Crippen LogP contribution in [0.25, 0.3) is 11.1 Å². The van der Waals surface area contributed by atoms with E-state index in [1.54, 1.807) is 0 Å². The molecule has 2 aliphatic carbocycles. The van der Waals surface area contributed by atoms with Crippen LogP contribution >= 0.6 is 0 Å². The fourth-order valence-corrected chi connectivity index (χ4v) is 4.43. The van der Waals surface area contributed by atoms with E-state index in [4.69, 9.17) is 14.7 Å². The highest BCUT2D eigenvalue weighted by Crippen LogP contribution is 2.44. The molecular formula is C24H26N2O6. The van der Waals surface area contributed by atoms with Crippen molar-refractivity contribution in [2.24, 2.45) is 0 Å². The zero-order valence-corrected chi connectivity index (χ0v) is 17.9. The van der Waals surface area contributed by atoms with Gasteiger partial charge in [0.05, 0.1) is 12.0 Å². The standard InChI is InChI=1S/C24H26N2O6/c1-26(32-15-22(28)29)21(27)13-24(11-6-12-24)25-23(30)31-14-20-18-9-4-2-7-16(18)17-8-3-5-10-19(17)20/h2-5,7-10,20H,6,11-15H2,1H3,(H,25,30)(H,28,29). The fourth-order valence-electron chi connectivity index (χ4n) is 4.43. The van der Waals surface area contributed by atoms with Gasteiger partial charge in [0, 0.05) is 13.0 Å². The molecule has 0 heterocycles. The summed E-state index contributed by atoms with van der Waals surface area (Å²) in [7, 11) is 1.37. The number of aliphatic carboxylic acids is 1. The minimum absolute atomic E-state index is 0.0211. The van der Waals surface area contributed by atoms with E-state index in [2.05, 4.69) is 29.6 Å². The van der Waals surface area contributed by atoms with Crippen LogP contribution in [0.4, 0.5) is 4.79 Å². The molecule has 2 N–H and O–H groups in total. The molecule has 0 aliphatic heterocycles. The Kier molecular flexibility index (Phi) is 6.14. The summed E-state index contributed by atoms with van der Waals surface area (Å²) in [6.45, 7) is -0.402. The van der Waals surface area contributed by atoms with Gasteiger partial charge in [-0.15, -0.1) is 0 Å². The highest BCUT2D eigenvalue weighted by atomic mass is 16.7. The number of alkyl carbamates (subject to hydrolysis) is 1. The largest absolute Gasteiger partial charge is 0.479 e. The average Bonchev–Trinajstić information content (AvgIpc) is 3.08.